The van der Waals surface area contributed by atoms with Gasteiger partial charge in [0.1, 0.15) is 0 Å². The zero-order valence-corrected chi connectivity index (χ0v) is 18.6. The van der Waals surface area contributed by atoms with E-state index in [0.717, 1.165) is 36.6 Å². The van der Waals surface area contributed by atoms with Crippen molar-refractivity contribution in [3.8, 4) is 0 Å². The number of hydrogen-bond donors (Lipinski definition) is 3. The zero-order valence-electron chi connectivity index (χ0n) is 18.6. The minimum absolute atomic E-state index is 0.0344. The fourth-order valence-electron chi connectivity index (χ4n) is 4.76. The van der Waals surface area contributed by atoms with Crippen LogP contribution in [0.4, 0.5) is 13.2 Å². The number of likely N-dealkylation sites (tertiary alicyclic amines) is 1. The number of amides is 2. The third-order valence-corrected chi connectivity index (χ3v) is 6.75. The molecule has 3 N–H and O–H groups in total. The lowest BCUT2D eigenvalue weighted by Crippen LogP contribution is -2.63. The van der Waals surface area contributed by atoms with E-state index in [1.165, 1.54) is 6.07 Å². The number of aliphatic hydroxyl groups is 1. The summed E-state index contributed by atoms with van der Waals surface area (Å²) in [5.74, 6) is -1.11. The van der Waals surface area contributed by atoms with E-state index < -0.39 is 23.2 Å². The van der Waals surface area contributed by atoms with E-state index in [0.29, 0.717) is 32.0 Å². The molecule has 0 unspecified atom stereocenters. The predicted octanol–water partition coefficient (Wildman–Crippen LogP) is 3.07. The van der Waals surface area contributed by atoms with Crippen LogP contribution in [0.5, 0.6) is 0 Å². The molecular formula is C25H28F3N3O3. The van der Waals surface area contributed by atoms with E-state index in [2.05, 4.69) is 15.5 Å². The molecule has 6 nitrogen and oxygen atoms in total. The number of benzene rings is 2. The van der Waals surface area contributed by atoms with Crippen LogP contribution >= 0.6 is 0 Å². The van der Waals surface area contributed by atoms with Crippen molar-refractivity contribution in [2.45, 2.75) is 49.5 Å². The number of rotatable bonds is 6. The Morgan fingerprint density at radius 2 is 1.71 bits per heavy atom. The Bertz CT molecular complexity index is 1010. The van der Waals surface area contributed by atoms with Crippen molar-refractivity contribution in [3.63, 3.8) is 0 Å². The molecular weight excluding hydrogens is 447 g/mol. The fourth-order valence-corrected chi connectivity index (χ4v) is 4.76. The Labute approximate surface area is 196 Å². The lowest BCUT2D eigenvalue weighted by molar-refractivity contribution is -0.137. The van der Waals surface area contributed by atoms with Gasteiger partial charge in [0.25, 0.3) is 5.91 Å². The summed E-state index contributed by atoms with van der Waals surface area (Å²) < 4.78 is 38.4. The summed E-state index contributed by atoms with van der Waals surface area (Å²) in [7, 11) is 0. The van der Waals surface area contributed by atoms with Crippen LogP contribution in [0.15, 0.2) is 54.6 Å². The molecule has 0 aromatic heterocycles. The molecule has 1 aliphatic heterocycles. The Balaban J connectivity index is 1.17. The second-order valence-corrected chi connectivity index (χ2v) is 9.11. The van der Waals surface area contributed by atoms with Crippen LogP contribution in [0.2, 0.25) is 0 Å². The summed E-state index contributed by atoms with van der Waals surface area (Å²) in [4.78, 5) is 26.6. The van der Waals surface area contributed by atoms with Gasteiger partial charge in [0.2, 0.25) is 5.91 Å². The molecule has 1 aliphatic carbocycles. The van der Waals surface area contributed by atoms with Crippen LogP contribution in [0, 0.1) is 0 Å². The molecule has 1 saturated heterocycles. The maximum atomic E-state index is 12.8. The number of halogens is 3. The first-order valence-corrected chi connectivity index (χ1v) is 11.4. The van der Waals surface area contributed by atoms with Gasteiger partial charge in [0.05, 0.1) is 23.8 Å². The standard InChI is InChI=1S/C25H28F3N3O3/c26-25(27,28)19-8-4-5-17(13-19)23(33)29-14-22(32)30-20-15-31(16-20)21-9-11-24(34,12-10-21)18-6-2-1-3-7-18/h1-8,13,20-21,34H,9-12,14-16H2,(H,29,33)(H,30,32)/t21-,24-. The molecule has 2 aromatic rings. The Morgan fingerprint density at radius 1 is 1.03 bits per heavy atom. The quantitative estimate of drug-likeness (QED) is 0.600. The van der Waals surface area contributed by atoms with Gasteiger partial charge in [-0.15, -0.1) is 0 Å². The number of nitrogens with one attached hydrogen (secondary N) is 2. The van der Waals surface area contributed by atoms with Crippen LogP contribution < -0.4 is 10.6 Å². The van der Waals surface area contributed by atoms with Crippen LogP contribution in [-0.2, 0) is 16.6 Å². The summed E-state index contributed by atoms with van der Waals surface area (Å²) in [6, 6.07) is 14.1. The van der Waals surface area contributed by atoms with E-state index in [1.54, 1.807) is 0 Å². The second kappa shape index (κ2) is 9.76. The molecule has 2 fully saturated rings. The van der Waals surface area contributed by atoms with Crippen molar-refractivity contribution < 1.29 is 27.9 Å². The van der Waals surface area contributed by atoms with Gasteiger partial charge in [-0.25, -0.2) is 0 Å². The highest BCUT2D eigenvalue weighted by molar-refractivity contribution is 5.96. The summed E-state index contributed by atoms with van der Waals surface area (Å²) in [6.45, 7) is 1.09. The molecule has 34 heavy (non-hydrogen) atoms. The predicted molar refractivity (Wildman–Crippen MR) is 120 cm³/mol. The molecule has 4 rings (SSSR count). The van der Waals surface area contributed by atoms with Gasteiger partial charge < -0.3 is 15.7 Å². The van der Waals surface area contributed by atoms with Crippen molar-refractivity contribution in [1.82, 2.24) is 15.5 Å². The van der Waals surface area contributed by atoms with E-state index >= 15 is 0 Å². The second-order valence-electron chi connectivity index (χ2n) is 9.11. The molecule has 0 bridgehead atoms. The van der Waals surface area contributed by atoms with Crippen molar-refractivity contribution in [2.75, 3.05) is 19.6 Å². The Hall–Kier alpha value is -2.91. The first-order valence-electron chi connectivity index (χ1n) is 11.4. The number of carbonyl (C=O) groups is 2. The summed E-state index contributed by atoms with van der Waals surface area (Å²) >= 11 is 0. The van der Waals surface area contributed by atoms with Gasteiger partial charge in [-0.05, 0) is 49.4 Å². The highest BCUT2D eigenvalue weighted by Crippen LogP contribution is 2.39. The van der Waals surface area contributed by atoms with Crippen LogP contribution in [-0.4, -0.2) is 53.5 Å². The molecule has 0 spiro atoms. The van der Waals surface area contributed by atoms with Crippen LogP contribution in [0.3, 0.4) is 0 Å². The van der Waals surface area contributed by atoms with Gasteiger partial charge in [0, 0.05) is 24.7 Å². The first kappa shape index (κ1) is 24.2. The lowest BCUT2D eigenvalue weighted by atomic mass is 9.76. The molecule has 9 heteroatoms. The maximum absolute atomic E-state index is 12.8. The van der Waals surface area contributed by atoms with E-state index in [9.17, 15) is 27.9 Å². The number of carbonyl (C=O) groups excluding carboxylic acids is 2. The Morgan fingerprint density at radius 3 is 2.35 bits per heavy atom. The van der Waals surface area contributed by atoms with E-state index in [4.69, 9.17) is 0 Å². The largest absolute Gasteiger partial charge is 0.416 e. The SMILES string of the molecule is O=C(CNC(=O)c1cccc(C(F)(F)F)c1)NC1CN([C@H]2CC[C@@](O)(c3ccccc3)CC2)C1. The number of alkyl halides is 3. The van der Waals surface area contributed by atoms with Crippen molar-refractivity contribution in [2.24, 2.45) is 0 Å². The average molecular weight is 476 g/mol. The van der Waals surface area contributed by atoms with E-state index in [1.807, 2.05) is 30.3 Å². The maximum Gasteiger partial charge on any atom is 0.416 e. The molecule has 1 heterocycles. The summed E-state index contributed by atoms with van der Waals surface area (Å²) in [6.07, 6.45) is -1.41. The van der Waals surface area contributed by atoms with Gasteiger partial charge in [-0.3, -0.25) is 14.5 Å². The zero-order chi connectivity index (χ0) is 24.3. The van der Waals surface area contributed by atoms with Gasteiger partial charge >= 0.3 is 6.18 Å². The highest BCUT2D eigenvalue weighted by atomic mass is 19.4. The minimum atomic E-state index is -4.54. The monoisotopic (exact) mass is 475 g/mol. The molecule has 2 aromatic carbocycles. The summed E-state index contributed by atoms with van der Waals surface area (Å²) in [5.41, 5.74) is -0.891. The highest BCUT2D eigenvalue weighted by Gasteiger charge is 2.40. The molecule has 0 atom stereocenters. The topological polar surface area (TPSA) is 81.7 Å². The third kappa shape index (κ3) is 5.59. The van der Waals surface area contributed by atoms with Crippen molar-refractivity contribution in [3.05, 3.63) is 71.3 Å². The molecule has 2 aliphatic rings. The normalized spacial score (nSPS) is 23.7. The lowest BCUT2D eigenvalue weighted by Gasteiger charge is -2.48. The smallest absolute Gasteiger partial charge is 0.385 e. The van der Waals surface area contributed by atoms with E-state index in [-0.39, 0.29) is 24.1 Å². The van der Waals surface area contributed by atoms with Gasteiger partial charge in [-0.2, -0.15) is 13.2 Å². The van der Waals surface area contributed by atoms with Crippen molar-refractivity contribution in [1.29, 1.82) is 0 Å². The van der Waals surface area contributed by atoms with Gasteiger partial charge in [0.15, 0.2) is 0 Å². The van der Waals surface area contributed by atoms with Gasteiger partial charge in [-0.1, -0.05) is 36.4 Å². The van der Waals surface area contributed by atoms with Crippen molar-refractivity contribution >= 4 is 11.8 Å². The Kier molecular flexibility index (Phi) is 6.95. The molecule has 2 amide bonds. The summed E-state index contributed by atoms with van der Waals surface area (Å²) in [5, 5.41) is 16.2. The minimum Gasteiger partial charge on any atom is -0.385 e. The molecule has 182 valence electrons. The fraction of sp³-hybridized carbons (Fsp3) is 0.440. The first-order chi connectivity index (χ1) is 16.1. The molecule has 1 saturated carbocycles. The molecule has 0 radical (unpaired) electrons. The van der Waals surface area contributed by atoms with Crippen LogP contribution in [0.25, 0.3) is 0 Å². The third-order valence-electron chi connectivity index (χ3n) is 6.75. The number of nitrogens with zero attached hydrogens (tertiary/aromatic N) is 1. The average Bonchev–Trinajstić information content (AvgIpc) is 2.80. The van der Waals surface area contributed by atoms with Crippen LogP contribution in [0.1, 0.15) is 47.2 Å². The number of hydrogen-bond acceptors (Lipinski definition) is 4.